The molecule has 0 heterocycles. The maximum Gasteiger partial charge on any atom is 0.472 e. The predicted octanol–water partition coefficient (Wildman–Crippen LogP) is 22.3. The highest BCUT2D eigenvalue weighted by molar-refractivity contribution is 7.47. The molecule has 0 aliphatic carbocycles. The van der Waals surface area contributed by atoms with E-state index in [1.54, 1.807) is 0 Å². The van der Waals surface area contributed by atoms with Crippen LogP contribution in [0.4, 0.5) is 0 Å². The molecule has 17 nitrogen and oxygen atoms in total. The molecule has 0 amide bonds. The number of phosphoric acid groups is 2. The summed E-state index contributed by atoms with van der Waals surface area (Å²) >= 11 is 0. The fourth-order valence-electron chi connectivity index (χ4n) is 11.6. The fourth-order valence-corrected chi connectivity index (χ4v) is 13.2. The molecule has 0 bridgehead atoms. The summed E-state index contributed by atoms with van der Waals surface area (Å²) in [6, 6.07) is 0. The highest BCUT2D eigenvalue weighted by Crippen LogP contribution is 2.45. The first-order valence-corrected chi connectivity index (χ1v) is 42.6. The van der Waals surface area contributed by atoms with Crippen LogP contribution in [-0.4, -0.2) is 96.7 Å². The van der Waals surface area contributed by atoms with Crippen molar-refractivity contribution in [1.29, 1.82) is 0 Å². The number of hydrogen-bond acceptors (Lipinski definition) is 15. The first-order valence-electron chi connectivity index (χ1n) is 39.6. The zero-order chi connectivity index (χ0) is 70.0. The molecule has 0 rings (SSSR count). The zero-order valence-electron chi connectivity index (χ0n) is 62.0. The van der Waals surface area contributed by atoms with Crippen molar-refractivity contribution in [3.8, 4) is 0 Å². The number of carbonyl (C=O) groups is 4. The second kappa shape index (κ2) is 67.9. The highest BCUT2D eigenvalue weighted by Gasteiger charge is 2.30. The maximum atomic E-state index is 13.1. The van der Waals surface area contributed by atoms with Crippen LogP contribution in [0.3, 0.4) is 0 Å². The molecule has 0 aromatic heterocycles. The summed E-state index contributed by atoms with van der Waals surface area (Å²) < 4.78 is 68.5. The van der Waals surface area contributed by atoms with Crippen molar-refractivity contribution in [1.82, 2.24) is 0 Å². The minimum absolute atomic E-state index is 0.106. The van der Waals surface area contributed by atoms with Gasteiger partial charge in [0.15, 0.2) is 12.2 Å². The third kappa shape index (κ3) is 67.6. The third-order valence-corrected chi connectivity index (χ3v) is 20.3. The first kappa shape index (κ1) is 93.1. The number of rotatable bonds is 75. The number of hydrogen-bond donors (Lipinski definition) is 3. The van der Waals surface area contributed by atoms with Gasteiger partial charge in [-0.25, -0.2) is 9.13 Å². The Bertz CT molecular complexity index is 1840. The topological polar surface area (TPSA) is 237 Å². The fraction of sp³-hybridized carbons (Fsp3) is 0.947. The third-order valence-electron chi connectivity index (χ3n) is 18.4. The molecule has 95 heavy (non-hydrogen) atoms. The predicted molar refractivity (Wildman–Crippen MR) is 386 cm³/mol. The van der Waals surface area contributed by atoms with Crippen LogP contribution in [0.5, 0.6) is 0 Å². The minimum Gasteiger partial charge on any atom is -0.462 e. The average Bonchev–Trinajstić information content (AvgIpc) is 1.43. The number of aliphatic hydroxyl groups is 1. The van der Waals surface area contributed by atoms with E-state index in [9.17, 15) is 43.2 Å². The van der Waals surface area contributed by atoms with Crippen LogP contribution in [-0.2, 0) is 65.4 Å². The Hall–Kier alpha value is -1.94. The number of carbonyl (C=O) groups excluding carboxylic acids is 4. The van der Waals surface area contributed by atoms with E-state index in [1.807, 2.05) is 0 Å². The van der Waals surface area contributed by atoms with Gasteiger partial charge in [0.1, 0.15) is 19.3 Å². The summed E-state index contributed by atoms with van der Waals surface area (Å²) in [6.45, 7) is 9.55. The van der Waals surface area contributed by atoms with Crippen molar-refractivity contribution >= 4 is 39.5 Å². The van der Waals surface area contributed by atoms with Gasteiger partial charge in [0.25, 0.3) is 0 Å². The summed E-state index contributed by atoms with van der Waals surface area (Å²) in [5.41, 5.74) is 0. The van der Waals surface area contributed by atoms with Gasteiger partial charge in [0.2, 0.25) is 0 Å². The van der Waals surface area contributed by atoms with Gasteiger partial charge in [-0.05, 0) is 37.5 Å². The van der Waals surface area contributed by atoms with Crippen molar-refractivity contribution < 1.29 is 80.2 Å². The van der Waals surface area contributed by atoms with Crippen molar-refractivity contribution in [3.05, 3.63) is 0 Å². The van der Waals surface area contributed by atoms with Crippen LogP contribution in [0.1, 0.15) is 395 Å². The van der Waals surface area contributed by atoms with Crippen LogP contribution in [0.25, 0.3) is 0 Å². The average molecular weight is 1400 g/mol. The SMILES string of the molecule is CCCCCCCCCCCCCCCCCCCCCCCC(=O)O[C@H](COC(=O)CCCCCCCCCCC(C)CC)COP(=O)(O)OC[C@@H](O)COP(=O)(O)OC[C@@H](COC(=O)CCCCCCCCC(C)CC)OC(=O)CCCCCCCCCCCCCC. The number of ether oxygens (including phenoxy) is 4. The van der Waals surface area contributed by atoms with Gasteiger partial charge in [0.05, 0.1) is 26.4 Å². The quantitative estimate of drug-likeness (QED) is 0.0222. The zero-order valence-corrected chi connectivity index (χ0v) is 63.8. The van der Waals surface area contributed by atoms with Gasteiger partial charge < -0.3 is 33.8 Å². The van der Waals surface area contributed by atoms with Gasteiger partial charge in [0, 0.05) is 25.7 Å². The molecule has 0 saturated carbocycles. The van der Waals surface area contributed by atoms with E-state index in [4.69, 9.17) is 37.0 Å². The van der Waals surface area contributed by atoms with Gasteiger partial charge in [-0.15, -0.1) is 0 Å². The highest BCUT2D eigenvalue weighted by atomic mass is 31.2. The van der Waals surface area contributed by atoms with E-state index >= 15 is 0 Å². The van der Waals surface area contributed by atoms with Crippen molar-refractivity contribution in [2.75, 3.05) is 39.6 Å². The van der Waals surface area contributed by atoms with Crippen molar-refractivity contribution in [2.24, 2.45) is 11.8 Å². The van der Waals surface area contributed by atoms with E-state index in [0.29, 0.717) is 25.7 Å². The molecule has 0 fully saturated rings. The normalized spacial score (nSPS) is 14.6. The van der Waals surface area contributed by atoms with Crippen LogP contribution >= 0.6 is 15.6 Å². The summed E-state index contributed by atoms with van der Waals surface area (Å²) in [5.74, 6) is -0.609. The standard InChI is InChI=1S/C76H148O17P2/c1-7-11-13-15-17-19-21-23-24-25-26-27-28-29-30-31-33-35-41-49-55-61-76(81)92-71(64-86-73(78)58-52-46-39-37-36-38-44-50-56-68(5)9-3)66-90-94(82,83)88-62-70(77)63-89-95(84,85)91-67-72(65-87-74(79)59-53-47-43-42-45-51-57-69(6)10-4)93-75(80)60-54-48-40-34-32-22-20-18-16-14-12-8-2/h68-72,77H,7-67H2,1-6H3,(H,82,83)(H,84,85)/t68?,69?,70-,71-,72-/m1/s1. The van der Waals surface area contributed by atoms with Crippen LogP contribution in [0.15, 0.2) is 0 Å². The lowest BCUT2D eigenvalue weighted by molar-refractivity contribution is -0.161. The Kier molecular flexibility index (Phi) is 66.5. The Morgan fingerprint density at radius 2 is 0.505 bits per heavy atom. The van der Waals surface area contributed by atoms with Crippen molar-refractivity contribution in [2.45, 2.75) is 413 Å². The van der Waals surface area contributed by atoms with E-state index in [2.05, 4.69) is 41.5 Å². The lowest BCUT2D eigenvalue weighted by Crippen LogP contribution is -2.30. The molecule has 4 unspecified atom stereocenters. The molecular weight excluding hydrogens is 1250 g/mol. The summed E-state index contributed by atoms with van der Waals surface area (Å²) in [6.07, 6.45) is 55.6. The molecule has 3 N–H and O–H groups in total. The van der Waals surface area contributed by atoms with Crippen LogP contribution in [0, 0.1) is 11.8 Å². The molecule has 0 spiro atoms. The molecule has 0 radical (unpaired) electrons. The number of aliphatic hydroxyl groups excluding tert-OH is 1. The molecule has 19 heteroatoms. The molecular formula is C76H148O17P2. The Labute approximate surface area is 581 Å². The number of esters is 4. The lowest BCUT2D eigenvalue weighted by atomic mass is 9.99. The summed E-state index contributed by atoms with van der Waals surface area (Å²) in [4.78, 5) is 72.8. The molecule has 564 valence electrons. The van der Waals surface area contributed by atoms with Gasteiger partial charge in [-0.3, -0.25) is 37.3 Å². The van der Waals surface area contributed by atoms with Crippen LogP contribution < -0.4 is 0 Å². The Morgan fingerprint density at radius 3 is 0.747 bits per heavy atom. The monoisotopic (exact) mass is 1400 g/mol. The molecule has 0 aliphatic heterocycles. The summed E-state index contributed by atoms with van der Waals surface area (Å²) in [5, 5.41) is 10.6. The van der Waals surface area contributed by atoms with Crippen LogP contribution in [0.2, 0.25) is 0 Å². The molecule has 0 saturated heterocycles. The van der Waals surface area contributed by atoms with Gasteiger partial charge in [-0.2, -0.15) is 0 Å². The minimum atomic E-state index is -4.96. The Balaban J connectivity index is 5.20. The van der Waals surface area contributed by atoms with Gasteiger partial charge in [-0.1, -0.05) is 343 Å². The van der Waals surface area contributed by atoms with E-state index in [-0.39, 0.29) is 25.7 Å². The number of unbranched alkanes of at least 4 members (excludes halogenated alkanes) is 43. The van der Waals surface area contributed by atoms with Crippen molar-refractivity contribution in [3.63, 3.8) is 0 Å². The maximum absolute atomic E-state index is 13.1. The molecule has 7 atom stereocenters. The van der Waals surface area contributed by atoms with E-state index in [1.165, 1.54) is 205 Å². The smallest absolute Gasteiger partial charge is 0.462 e. The second-order valence-electron chi connectivity index (χ2n) is 27.9. The second-order valence-corrected chi connectivity index (χ2v) is 30.8. The Morgan fingerprint density at radius 1 is 0.295 bits per heavy atom. The lowest BCUT2D eigenvalue weighted by Gasteiger charge is -2.21. The number of phosphoric ester groups is 2. The molecule has 0 aromatic carbocycles. The summed E-state index contributed by atoms with van der Waals surface area (Å²) in [7, 11) is -9.91. The van der Waals surface area contributed by atoms with E-state index in [0.717, 1.165) is 108 Å². The molecule has 0 aromatic rings. The first-order chi connectivity index (χ1) is 45.9. The van der Waals surface area contributed by atoms with Gasteiger partial charge >= 0.3 is 39.5 Å². The largest absolute Gasteiger partial charge is 0.472 e. The van der Waals surface area contributed by atoms with E-state index < -0.39 is 97.5 Å². The molecule has 0 aliphatic rings.